The van der Waals surface area contributed by atoms with Crippen LogP contribution in [0.3, 0.4) is 0 Å². The molecule has 2 aromatic rings. The molecule has 88 valence electrons. The molecule has 0 unspecified atom stereocenters. The lowest BCUT2D eigenvalue weighted by Crippen LogP contribution is -1.91. The molecule has 18 heavy (non-hydrogen) atoms. The second-order valence-corrected chi connectivity index (χ2v) is 4.34. The van der Waals surface area contributed by atoms with Gasteiger partial charge in [0.1, 0.15) is 0 Å². The summed E-state index contributed by atoms with van der Waals surface area (Å²) >= 11 is 0. The van der Waals surface area contributed by atoms with Gasteiger partial charge in [0.15, 0.2) is 0 Å². The Labute approximate surface area is 108 Å². The Bertz CT molecular complexity index is 598. The standard InChI is InChI=1S/C17H15N/c1-13-8-10-16(11-9-13)17(14(2)12-18)15-6-4-3-5-7-15/h3-11H,1-2H3/b17-14+. The summed E-state index contributed by atoms with van der Waals surface area (Å²) in [7, 11) is 0. The Balaban J connectivity index is 2.60. The van der Waals surface area contributed by atoms with Crippen LogP contribution >= 0.6 is 0 Å². The van der Waals surface area contributed by atoms with E-state index in [9.17, 15) is 5.26 Å². The molecule has 0 bridgehead atoms. The van der Waals surface area contributed by atoms with E-state index >= 15 is 0 Å². The third-order valence-corrected chi connectivity index (χ3v) is 2.95. The van der Waals surface area contributed by atoms with E-state index in [0.717, 1.165) is 22.3 Å². The molecular formula is C17H15N. The third-order valence-electron chi connectivity index (χ3n) is 2.95. The van der Waals surface area contributed by atoms with Crippen molar-refractivity contribution in [2.24, 2.45) is 0 Å². The SMILES string of the molecule is C/C(C#N)=C(/c1ccccc1)c1ccc(C)cc1. The van der Waals surface area contributed by atoms with Gasteiger partial charge >= 0.3 is 0 Å². The summed E-state index contributed by atoms with van der Waals surface area (Å²) < 4.78 is 0. The number of hydrogen-bond acceptors (Lipinski definition) is 1. The van der Waals surface area contributed by atoms with Crippen molar-refractivity contribution in [1.29, 1.82) is 5.26 Å². The van der Waals surface area contributed by atoms with Crippen molar-refractivity contribution >= 4 is 5.57 Å². The highest BCUT2D eigenvalue weighted by Crippen LogP contribution is 2.26. The fraction of sp³-hybridized carbons (Fsp3) is 0.118. The second kappa shape index (κ2) is 5.33. The van der Waals surface area contributed by atoms with E-state index in [1.165, 1.54) is 5.56 Å². The van der Waals surface area contributed by atoms with Gasteiger partial charge in [-0.25, -0.2) is 0 Å². The molecule has 2 aromatic carbocycles. The molecule has 0 aliphatic rings. The molecule has 0 N–H and O–H groups in total. The number of nitriles is 1. The van der Waals surface area contributed by atoms with Crippen LogP contribution in [-0.2, 0) is 0 Å². The van der Waals surface area contributed by atoms with E-state index in [4.69, 9.17) is 0 Å². The van der Waals surface area contributed by atoms with Crippen molar-refractivity contribution in [2.75, 3.05) is 0 Å². The summed E-state index contributed by atoms with van der Waals surface area (Å²) in [5, 5.41) is 9.17. The molecule has 1 heteroatoms. The van der Waals surface area contributed by atoms with Gasteiger partial charge in [-0.05, 0) is 25.0 Å². The lowest BCUT2D eigenvalue weighted by molar-refractivity contribution is 1.40. The lowest BCUT2D eigenvalue weighted by Gasteiger charge is -2.10. The molecule has 0 atom stereocenters. The molecule has 0 fully saturated rings. The van der Waals surface area contributed by atoms with Gasteiger partial charge < -0.3 is 0 Å². The van der Waals surface area contributed by atoms with Crippen LogP contribution in [0.4, 0.5) is 0 Å². The van der Waals surface area contributed by atoms with Gasteiger partial charge in [-0.1, -0.05) is 60.2 Å². The van der Waals surface area contributed by atoms with E-state index < -0.39 is 0 Å². The Morgan fingerprint density at radius 2 is 1.44 bits per heavy atom. The molecule has 0 aromatic heterocycles. The van der Waals surface area contributed by atoms with Crippen LogP contribution in [0.5, 0.6) is 0 Å². The summed E-state index contributed by atoms with van der Waals surface area (Å²) in [6.45, 7) is 3.93. The van der Waals surface area contributed by atoms with Crippen LogP contribution in [0.1, 0.15) is 23.6 Å². The van der Waals surface area contributed by atoms with Crippen LogP contribution in [0.2, 0.25) is 0 Å². The predicted molar refractivity (Wildman–Crippen MR) is 74.9 cm³/mol. The van der Waals surface area contributed by atoms with E-state index in [-0.39, 0.29) is 0 Å². The van der Waals surface area contributed by atoms with Gasteiger partial charge in [-0.2, -0.15) is 5.26 Å². The minimum absolute atomic E-state index is 0.741. The summed E-state index contributed by atoms with van der Waals surface area (Å²) in [6.07, 6.45) is 0. The molecular weight excluding hydrogens is 218 g/mol. The summed E-state index contributed by atoms with van der Waals surface area (Å²) in [6, 6.07) is 20.6. The quantitative estimate of drug-likeness (QED) is 0.708. The van der Waals surface area contributed by atoms with Crippen molar-refractivity contribution in [3.8, 4) is 6.07 Å². The number of aryl methyl sites for hydroxylation is 1. The molecule has 0 aliphatic heterocycles. The normalized spacial score (nSPS) is 11.6. The zero-order chi connectivity index (χ0) is 13.0. The predicted octanol–water partition coefficient (Wildman–Crippen LogP) is 4.34. The highest BCUT2D eigenvalue weighted by molar-refractivity contribution is 5.83. The third kappa shape index (κ3) is 2.49. The molecule has 0 heterocycles. The minimum Gasteiger partial charge on any atom is -0.193 e. The van der Waals surface area contributed by atoms with Crippen molar-refractivity contribution in [1.82, 2.24) is 0 Å². The van der Waals surface area contributed by atoms with Gasteiger partial charge in [0.05, 0.1) is 6.07 Å². The van der Waals surface area contributed by atoms with Crippen LogP contribution in [0.15, 0.2) is 60.2 Å². The first kappa shape index (κ1) is 12.1. The number of benzene rings is 2. The smallest absolute Gasteiger partial charge is 0.0950 e. The zero-order valence-electron chi connectivity index (χ0n) is 10.6. The Kier molecular flexibility index (Phi) is 3.60. The van der Waals surface area contributed by atoms with E-state index in [0.29, 0.717) is 0 Å². The van der Waals surface area contributed by atoms with Crippen LogP contribution < -0.4 is 0 Å². The maximum Gasteiger partial charge on any atom is 0.0950 e. The molecule has 0 saturated heterocycles. The minimum atomic E-state index is 0.741. The molecule has 2 rings (SSSR count). The maximum absolute atomic E-state index is 9.17. The molecule has 0 aliphatic carbocycles. The lowest BCUT2D eigenvalue weighted by atomic mass is 9.93. The monoisotopic (exact) mass is 233 g/mol. The molecule has 1 nitrogen and oxygen atoms in total. The van der Waals surface area contributed by atoms with Crippen LogP contribution in [0, 0.1) is 18.3 Å². The fourth-order valence-corrected chi connectivity index (χ4v) is 1.98. The first-order valence-corrected chi connectivity index (χ1v) is 5.96. The van der Waals surface area contributed by atoms with Crippen LogP contribution in [-0.4, -0.2) is 0 Å². The van der Waals surface area contributed by atoms with E-state index in [1.807, 2.05) is 37.3 Å². The van der Waals surface area contributed by atoms with Crippen molar-refractivity contribution in [2.45, 2.75) is 13.8 Å². The number of allylic oxidation sites excluding steroid dienone is 1. The van der Waals surface area contributed by atoms with Gasteiger partial charge in [-0.3, -0.25) is 0 Å². The topological polar surface area (TPSA) is 23.8 Å². The molecule has 0 amide bonds. The van der Waals surface area contributed by atoms with Crippen molar-refractivity contribution in [3.05, 3.63) is 76.9 Å². The van der Waals surface area contributed by atoms with E-state index in [1.54, 1.807) is 0 Å². The van der Waals surface area contributed by atoms with Crippen LogP contribution in [0.25, 0.3) is 5.57 Å². The first-order valence-electron chi connectivity index (χ1n) is 5.96. The number of rotatable bonds is 2. The first-order chi connectivity index (χ1) is 8.72. The Hall–Kier alpha value is -2.33. The van der Waals surface area contributed by atoms with Gasteiger partial charge in [0.2, 0.25) is 0 Å². The van der Waals surface area contributed by atoms with E-state index in [2.05, 4.69) is 37.3 Å². The number of hydrogen-bond donors (Lipinski definition) is 0. The van der Waals surface area contributed by atoms with Gasteiger partial charge in [0, 0.05) is 11.1 Å². The average Bonchev–Trinajstić information content (AvgIpc) is 2.42. The Morgan fingerprint density at radius 1 is 0.889 bits per heavy atom. The van der Waals surface area contributed by atoms with Crippen molar-refractivity contribution in [3.63, 3.8) is 0 Å². The Morgan fingerprint density at radius 3 is 2.00 bits per heavy atom. The van der Waals surface area contributed by atoms with Gasteiger partial charge in [-0.15, -0.1) is 0 Å². The highest BCUT2D eigenvalue weighted by atomic mass is 14.2. The van der Waals surface area contributed by atoms with Gasteiger partial charge in [0.25, 0.3) is 0 Å². The summed E-state index contributed by atoms with van der Waals surface area (Å²) in [5.74, 6) is 0. The summed E-state index contributed by atoms with van der Waals surface area (Å²) in [5.41, 5.74) is 5.15. The second-order valence-electron chi connectivity index (χ2n) is 4.34. The largest absolute Gasteiger partial charge is 0.193 e. The maximum atomic E-state index is 9.17. The average molecular weight is 233 g/mol. The number of nitrogens with zero attached hydrogens (tertiary/aromatic N) is 1. The molecule has 0 spiro atoms. The highest BCUT2D eigenvalue weighted by Gasteiger charge is 2.08. The zero-order valence-corrected chi connectivity index (χ0v) is 10.6. The molecule has 0 radical (unpaired) electrons. The fourth-order valence-electron chi connectivity index (χ4n) is 1.98. The van der Waals surface area contributed by atoms with Crippen molar-refractivity contribution < 1.29 is 0 Å². The molecule has 0 saturated carbocycles. The summed E-state index contributed by atoms with van der Waals surface area (Å²) in [4.78, 5) is 0.